The zero-order valence-corrected chi connectivity index (χ0v) is 11.2. The summed E-state index contributed by atoms with van der Waals surface area (Å²) in [5.74, 6) is 0.530. The Kier molecular flexibility index (Phi) is 3.05. The van der Waals surface area contributed by atoms with Crippen molar-refractivity contribution in [2.75, 3.05) is 0 Å². The number of para-hydroxylation sites is 1. The van der Waals surface area contributed by atoms with Crippen LogP contribution in [-0.2, 0) is 0 Å². The Morgan fingerprint density at radius 1 is 1.11 bits per heavy atom. The van der Waals surface area contributed by atoms with E-state index in [4.69, 9.17) is 16.0 Å². The molecule has 1 heterocycles. The van der Waals surface area contributed by atoms with Gasteiger partial charge in [0, 0.05) is 10.4 Å². The lowest BCUT2D eigenvalue weighted by atomic mass is 10.0. The molecular formula is C16H13ClO2. The minimum Gasteiger partial charge on any atom is -0.458 e. The van der Waals surface area contributed by atoms with Crippen LogP contribution in [0.5, 0.6) is 0 Å². The third kappa shape index (κ3) is 2.37. The van der Waals surface area contributed by atoms with E-state index in [1.807, 2.05) is 49.4 Å². The molecule has 0 radical (unpaired) electrons. The lowest BCUT2D eigenvalue weighted by molar-refractivity contribution is 0.192. The highest BCUT2D eigenvalue weighted by molar-refractivity contribution is 6.30. The average molecular weight is 273 g/mol. The summed E-state index contributed by atoms with van der Waals surface area (Å²) >= 11 is 6.02. The van der Waals surface area contributed by atoms with Gasteiger partial charge >= 0.3 is 0 Å². The maximum Gasteiger partial charge on any atom is 0.138 e. The highest BCUT2D eigenvalue weighted by atomic mass is 35.5. The van der Waals surface area contributed by atoms with Gasteiger partial charge in [0.1, 0.15) is 17.4 Å². The molecule has 96 valence electrons. The average Bonchev–Trinajstić information content (AvgIpc) is 2.80. The normalized spacial score (nSPS) is 12.8. The van der Waals surface area contributed by atoms with Crippen molar-refractivity contribution >= 4 is 22.6 Å². The molecule has 1 atom stereocenters. The summed E-state index contributed by atoms with van der Waals surface area (Å²) in [5.41, 5.74) is 2.53. The van der Waals surface area contributed by atoms with Gasteiger partial charge in [-0.15, -0.1) is 0 Å². The molecule has 2 nitrogen and oxygen atoms in total. The molecule has 0 saturated heterocycles. The summed E-state index contributed by atoms with van der Waals surface area (Å²) in [6.45, 7) is 1.95. The second-order valence-electron chi connectivity index (χ2n) is 4.65. The first-order valence-corrected chi connectivity index (χ1v) is 6.45. The van der Waals surface area contributed by atoms with E-state index < -0.39 is 6.10 Å². The van der Waals surface area contributed by atoms with Crippen LogP contribution in [0.25, 0.3) is 11.0 Å². The molecule has 3 rings (SSSR count). The fraction of sp³-hybridized carbons (Fsp3) is 0.125. The van der Waals surface area contributed by atoms with E-state index in [-0.39, 0.29) is 0 Å². The third-order valence-corrected chi connectivity index (χ3v) is 3.31. The zero-order valence-electron chi connectivity index (χ0n) is 10.4. The van der Waals surface area contributed by atoms with E-state index in [1.165, 1.54) is 0 Å². The summed E-state index contributed by atoms with van der Waals surface area (Å²) < 4.78 is 5.67. The molecule has 0 saturated carbocycles. The molecule has 0 bridgehead atoms. The Hall–Kier alpha value is -1.77. The minimum absolute atomic E-state index is 0.530. The lowest BCUT2D eigenvalue weighted by Gasteiger charge is -2.09. The Labute approximate surface area is 116 Å². The number of aliphatic hydroxyl groups is 1. The Bertz CT molecular complexity index is 677. The molecule has 3 heteroatoms. The molecule has 1 N–H and O–H groups in total. The number of benzene rings is 2. The van der Waals surface area contributed by atoms with Crippen LogP contribution >= 0.6 is 11.6 Å². The summed E-state index contributed by atoms with van der Waals surface area (Å²) in [4.78, 5) is 0. The first-order chi connectivity index (χ1) is 9.13. The number of furan rings is 1. The maximum absolute atomic E-state index is 10.4. The van der Waals surface area contributed by atoms with Crippen LogP contribution in [0.15, 0.2) is 52.9 Å². The van der Waals surface area contributed by atoms with Crippen LogP contribution in [0.1, 0.15) is 23.0 Å². The van der Waals surface area contributed by atoms with Gasteiger partial charge in [0.25, 0.3) is 0 Å². The van der Waals surface area contributed by atoms with Crippen molar-refractivity contribution < 1.29 is 9.52 Å². The molecule has 0 aliphatic rings. The molecule has 3 aromatic rings. The number of hydrogen-bond donors (Lipinski definition) is 1. The molecular weight excluding hydrogens is 260 g/mol. The number of aliphatic hydroxyl groups excluding tert-OH is 1. The van der Waals surface area contributed by atoms with Crippen molar-refractivity contribution in [1.29, 1.82) is 0 Å². The van der Waals surface area contributed by atoms with Crippen molar-refractivity contribution in [3.8, 4) is 0 Å². The fourth-order valence-electron chi connectivity index (χ4n) is 2.22. The molecule has 1 aromatic heterocycles. The van der Waals surface area contributed by atoms with Crippen LogP contribution in [-0.4, -0.2) is 5.11 Å². The smallest absolute Gasteiger partial charge is 0.138 e. The SMILES string of the molecule is Cc1cc(Cl)cc(C(O)c2cc3ccccc3o2)c1. The highest BCUT2D eigenvalue weighted by Gasteiger charge is 2.16. The molecule has 0 fully saturated rings. The predicted molar refractivity (Wildman–Crippen MR) is 76.5 cm³/mol. The van der Waals surface area contributed by atoms with Gasteiger partial charge in [-0.2, -0.15) is 0 Å². The Balaban J connectivity index is 2.05. The van der Waals surface area contributed by atoms with Crippen molar-refractivity contribution in [2.45, 2.75) is 13.0 Å². The van der Waals surface area contributed by atoms with E-state index in [2.05, 4.69) is 0 Å². The molecule has 0 spiro atoms. The van der Waals surface area contributed by atoms with Crippen molar-refractivity contribution in [3.05, 3.63) is 70.4 Å². The number of hydrogen-bond acceptors (Lipinski definition) is 2. The number of rotatable bonds is 2. The van der Waals surface area contributed by atoms with E-state index >= 15 is 0 Å². The molecule has 0 amide bonds. The molecule has 1 unspecified atom stereocenters. The third-order valence-electron chi connectivity index (χ3n) is 3.09. The second kappa shape index (κ2) is 4.72. The first kappa shape index (κ1) is 12.3. The van der Waals surface area contributed by atoms with Gasteiger partial charge in [-0.1, -0.05) is 35.9 Å². The second-order valence-corrected chi connectivity index (χ2v) is 5.09. The minimum atomic E-state index is -0.801. The van der Waals surface area contributed by atoms with Gasteiger partial charge in [0.15, 0.2) is 0 Å². The summed E-state index contributed by atoms with van der Waals surface area (Å²) in [6, 6.07) is 15.1. The largest absolute Gasteiger partial charge is 0.458 e. The van der Waals surface area contributed by atoms with Crippen LogP contribution in [0.3, 0.4) is 0 Å². The Morgan fingerprint density at radius 2 is 1.89 bits per heavy atom. The monoisotopic (exact) mass is 272 g/mol. The van der Waals surface area contributed by atoms with Crippen LogP contribution in [0.4, 0.5) is 0 Å². The van der Waals surface area contributed by atoms with Crippen molar-refractivity contribution in [2.24, 2.45) is 0 Å². The fourth-order valence-corrected chi connectivity index (χ4v) is 2.52. The van der Waals surface area contributed by atoms with E-state index in [1.54, 1.807) is 6.07 Å². The lowest BCUT2D eigenvalue weighted by Crippen LogP contribution is -1.98. The van der Waals surface area contributed by atoms with Gasteiger partial charge in [-0.05, 0) is 42.3 Å². The maximum atomic E-state index is 10.4. The van der Waals surface area contributed by atoms with E-state index in [9.17, 15) is 5.11 Å². The summed E-state index contributed by atoms with van der Waals surface area (Å²) in [7, 11) is 0. The number of halogens is 1. The highest BCUT2D eigenvalue weighted by Crippen LogP contribution is 2.29. The summed E-state index contributed by atoms with van der Waals surface area (Å²) in [6.07, 6.45) is -0.801. The van der Waals surface area contributed by atoms with Gasteiger partial charge in [-0.3, -0.25) is 0 Å². The quantitative estimate of drug-likeness (QED) is 0.746. The standard InChI is InChI=1S/C16H13ClO2/c1-10-6-12(8-13(17)7-10)16(18)15-9-11-4-2-3-5-14(11)19-15/h2-9,16,18H,1H3. The van der Waals surface area contributed by atoms with Crippen LogP contribution in [0, 0.1) is 6.92 Å². The van der Waals surface area contributed by atoms with Crippen LogP contribution in [0.2, 0.25) is 5.02 Å². The van der Waals surface area contributed by atoms with Gasteiger partial charge < -0.3 is 9.52 Å². The van der Waals surface area contributed by atoms with Crippen LogP contribution < -0.4 is 0 Å². The molecule has 0 aliphatic carbocycles. The zero-order chi connectivity index (χ0) is 13.4. The van der Waals surface area contributed by atoms with Gasteiger partial charge in [-0.25, -0.2) is 0 Å². The molecule has 2 aromatic carbocycles. The number of aryl methyl sites for hydroxylation is 1. The molecule has 19 heavy (non-hydrogen) atoms. The predicted octanol–water partition coefficient (Wildman–Crippen LogP) is 4.48. The van der Waals surface area contributed by atoms with Gasteiger partial charge in [0.05, 0.1) is 0 Å². The topological polar surface area (TPSA) is 33.4 Å². The van der Waals surface area contributed by atoms with Crippen molar-refractivity contribution in [1.82, 2.24) is 0 Å². The van der Waals surface area contributed by atoms with Gasteiger partial charge in [0.2, 0.25) is 0 Å². The summed E-state index contributed by atoms with van der Waals surface area (Å²) in [5, 5.41) is 12.0. The number of fused-ring (bicyclic) bond motifs is 1. The van der Waals surface area contributed by atoms with Crippen molar-refractivity contribution in [3.63, 3.8) is 0 Å². The first-order valence-electron chi connectivity index (χ1n) is 6.07. The van der Waals surface area contributed by atoms with E-state index in [0.717, 1.165) is 22.1 Å². The van der Waals surface area contributed by atoms with E-state index in [0.29, 0.717) is 10.8 Å². The molecule has 0 aliphatic heterocycles. The Morgan fingerprint density at radius 3 is 2.63 bits per heavy atom.